The number of rotatable bonds is 4. The monoisotopic (exact) mass is 450 g/mol. The van der Waals surface area contributed by atoms with Crippen LogP contribution < -0.4 is 0 Å². The Morgan fingerprint density at radius 1 is 0.656 bits per heavy atom. The third kappa shape index (κ3) is 4.55. The van der Waals surface area contributed by atoms with Crippen molar-refractivity contribution >= 4 is 29.2 Å². The molecule has 1 fully saturated rings. The second-order valence-electron chi connectivity index (χ2n) is 7.47. The molecule has 3 aromatic rings. The van der Waals surface area contributed by atoms with Crippen molar-refractivity contribution in [2.24, 2.45) is 0 Å². The average Bonchev–Trinajstić information content (AvgIpc) is 2.84. The summed E-state index contributed by atoms with van der Waals surface area (Å²) in [6, 6.07) is 18.7. The van der Waals surface area contributed by atoms with Gasteiger partial charge < -0.3 is 9.80 Å². The molecule has 0 spiro atoms. The van der Waals surface area contributed by atoms with E-state index in [-0.39, 0.29) is 17.6 Å². The van der Waals surface area contributed by atoms with Crippen LogP contribution in [0.1, 0.15) is 36.6 Å². The zero-order valence-corrected chi connectivity index (χ0v) is 17.9. The molecule has 0 atom stereocenters. The lowest BCUT2D eigenvalue weighted by Crippen LogP contribution is -2.50. The largest absolute Gasteiger partial charge is 0.335 e. The summed E-state index contributed by atoms with van der Waals surface area (Å²) in [7, 11) is 0. The number of amides is 2. The topological polar surface area (TPSA) is 57.7 Å². The van der Waals surface area contributed by atoms with Crippen LogP contribution in [-0.4, -0.2) is 53.6 Å². The van der Waals surface area contributed by atoms with E-state index in [1.54, 1.807) is 58.3 Å². The highest BCUT2D eigenvalue weighted by atomic mass is 35.5. The summed E-state index contributed by atoms with van der Waals surface area (Å²) in [4.78, 5) is 42.1. The minimum Gasteiger partial charge on any atom is -0.335 e. The molecular formula is C25H20ClFN2O3. The Kier molecular flexibility index (Phi) is 6.32. The summed E-state index contributed by atoms with van der Waals surface area (Å²) in [5.74, 6) is -1.10. The molecule has 1 heterocycles. The molecule has 7 heteroatoms. The molecule has 0 bridgehead atoms. The molecule has 0 aliphatic carbocycles. The fourth-order valence-electron chi connectivity index (χ4n) is 3.68. The molecule has 0 unspecified atom stereocenters. The van der Waals surface area contributed by atoms with E-state index < -0.39 is 5.82 Å². The van der Waals surface area contributed by atoms with Gasteiger partial charge in [0.2, 0.25) is 0 Å². The second-order valence-corrected chi connectivity index (χ2v) is 7.91. The Hall–Kier alpha value is -3.51. The Morgan fingerprint density at radius 2 is 1.16 bits per heavy atom. The molecule has 162 valence electrons. The molecule has 0 aromatic heterocycles. The molecular weight excluding hydrogens is 431 g/mol. The lowest BCUT2D eigenvalue weighted by molar-refractivity contribution is 0.0534. The van der Waals surface area contributed by atoms with Crippen molar-refractivity contribution in [3.05, 3.63) is 106 Å². The van der Waals surface area contributed by atoms with Crippen LogP contribution in [0, 0.1) is 5.82 Å². The van der Waals surface area contributed by atoms with E-state index in [0.717, 1.165) is 0 Å². The first-order valence-corrected chi connectivity index (χ1v) is 10.6. The van der Waals surface area contributed by atoms with Gasteiger partial charge in [0.05, 0.1) is 5.56 Å². The Balaban J connectivity index is 1.47. The predicted octanol–water partition coefficient (Wildman–Crippen LogP) is 4.31. The van der Waals surface area contributed by atoms with E-state index in [0.29, 0.717) is 53.5 Å². The Labute approximate surface area is 190 Å². The number of carbonyl (C=O) groups excluding carboxylic acids is 3. The van der Waals surface area contributed by atoms with Gasteiger partial charge in [-0.15, -0.1) is 0 Å². The summed E-state index contributed by atoms with van der Waals surface area (Å²) in [6.07, 6.45) is 0. The van der Waals surface area contributed by atoms with Gasteiger partial charge in [-0.1, -0.05) is 29.8 Å². The summed E-state index contributed by atoms with van der Waals surface area (Å²) < 4.78 is 13.1. The van der Waals surface area contributed by atoms with Crippen molar-refractivity contribution in [2.75, 3.05) is 26.2 Å². The molecule has 0 radical (unpaired) electrons. The number of carbonyl (C=O) groups is 3. The van der Waals surface area contributed by atoms with Gasteiger partial charge in [-0.2, -0.15) is 0 Å². The molecule has 4 rings (SSSR count). The normalized spacial score (nSPS) is 13.7. The average molecular weight is 451 g/mol. The molecule has 1 saturated heterocycles. The first kappa shape index (κ1) is 21.7. The van der Waals surface area contributed by atoms with E-state index in [4.69, 9.17) is 11.6 Å². The molecule has 2 amide bonds. The SMILES string of the molecule is O=C(c1ccc(Cl)cc1)c1ccccc1C(=O)N1CCN(C(=O)c2ccc(F)cc2)CC1. The zero-order valence-electron chi connectivity index (χ0n) is 17.1. The first-order valence-electron chi connectivity index (χ1n) is 10.2. The zero-order chi connectivity index (χ0) is 22.7. The smallest absolute Gasteiger partial charge is 0.254 e. The molecule has 0 N–H and O–H groups in total. The highest BCUT2D eigenvalue weighted by Crippen LogP contribution is 2.20. The minimum atomic E-state index is -0.399. The molecule has 3 aromatic carbocycles. The number of halogens is 2. The molecule has 32 heavy (non-hydrogen) atoms. The number of piperazine rings is 1. The molecule has 5 nitrogen and oxygen atoms in total. The van der Waals surface area contributed by atoms with Gasteiger partial charge in [0, 0.05) is 47.9 Å². The molecule has 1 aliphatic rings. The van der Waals surface area contributed by atoms with E-state index in [2.05, 4.69) is 0 Å². The van der Waals surface area contributed by atoms with Crippen LogP contribution in [0.5, 0.6) is 0 Å². The number of nitrogens with zero attached hydrogens (tertiary/aromatic N) is 2. The fourth-order valence-corrected chi connectivity index (χ4v) is 3.81. The Morgan fingerprint density at radius 3 is 1.75 bits per heavy atom. The van der Waals surface area contributed by atoms with Crippen LogP contribution in [0.15, 0.2) is 72.8 Å². The van der Waals surface area contributed by atoms with Gasteiger partial charge in [-0.3, -0.25) is 14.4 Å². The lowest BCUT2D eigenvalue weighted by atomic mass is 9.97. The quantitative estimate of drug-likeness (QED) is 0.556. The third-order valence-corrected chi connectivity index (χ3v) is 5.71. The standard InChI is InChI=1S/C25H20ClFN2O3/c26-19-9-5-17(6-10-19)23(30)21-3-1-2-4-22(21)25(32)29-15-13-28(14-16-29)24(31)18-7-11-20(27)12-8-18/h1-12H,13-16H2. The van der Waals surface area contributed by atoms with E-state index in [1.807, 2.05) is 0 Å². The summed E-state index contributed by atoms with van der Waals surface area (Å²) in [5, 5.41) is 0.527. The maximum atomic E-state index is 13.2. The maximum Gasteiger partial charge on any atom is 0.254 e. The predicted molar refractivity (Wildman–Crippen MR) is 120 cm³/mol. The highest BCUT2D eigenvalue weighted by molar-refractivity contribution is 6.30. The molecule has 1 aliphatic heterocycles. The number of hydrogen-bond acceptors (Lipinski definition) is 3. The summed E-state index contributed by atoms with van der Waals surface area (Å²) in [6.45, 7) is 1.40. The first-order chi connectivity index (χ1) is 15.4. The molecule has 0 saturated carbocycles. The van der Waals surface area contributed by atoms with Crippen LogP contribution >= 0.6 is 11.6 Å². The fraction of sp³-hybridized carbons (Fsp3) is 0.160. The van der Waals surface area contributed by atoms with Crippen LogP contribution in [0.4, 0.5) is 4.39 Å². The van der Waals surface area contributed by atoms with Gasteiger partial charge >= 0.3 is 0 Å². The van der Waals surface area contributed by atoms with Crippen LogP contribution in [0.25, 0.3) is 0 Å². The third-order valence-electron chi connectivity index (χ3n) is 5.45. The lowest BCUT2D eigenvalue weighted by Gasteiger charge is -2.35. The van der Waals surface area contributed by atoms with Crippen molar-refractivity contribution < 1.29 is 18.8 Å². The van der Waals surface area contributed by atoms with Crippen LogP contribution in [0.3, 0.4) is 0 Å². The summed E-state index contributed by atoms with van der Waals surface area (Å²) in [5.41, 5.74) is 1.50. The van der Waals surface area contributed by atoms with Gasteiger partial charge in [0.25, 0.3) is 11.8 Å². The number of hydrogen-bond donors (Lipinski definition) is 0. The maximum absolute atomic E-state index is 13.2. The van der Waals surface area contributed by atoms with Gasteiger partial charge in [0.1, 0.15) is 5.82 Å². The van der Waals surface area contributed by atoms with Crippen LogP contribution in [0.2, 0.25) is 5.02 Å². The van der Waals surface area contributed by atoms with Gasteiger partial charge in [-0.05, 0) is 54.6 Å². The van der Waals surface area contributed by atoms with Crippen molar-refractivity contribution in [3.63, 3.8) is 0 Å². The van der Waals surface area contributed by atoms with Crippen molar-refractivity contribution in [1.82, 2.24) is 9.80 Å². The second kappa shape index (κ2) is 9.32. The van der Waals surface area contributed by atoms with E-state index in [9.17, 15) is 18.8 Å². The number of benzene rings is 3. The highest BCUT2D eigenvalue weighted by Gasteiger charge is 2.28. The van der Waals surface area contributed by atoms with Gasteiger partial charge in [-0.25, -0.2) is 4.39 Å². The van der Waals surface area contributed by atoms with E-state index >= 15 is 0 Å². The van der Waals surface area contributed by atoms with Crippen molar-refractivity contribution in [1.29, 1.82) is 0 Å². The number of ketones is 1. The van der Waals surface area contributed by atoms with Crippen molar-refractivity contribution in [3.8, 4) is 0 Å². The van der Waals surface area contributed by atoms with E-state index in [1.165, 1.54) is 24.3 Å². The Bertz CT molecular complexity index is 1150. The minimum absolute atomic E-state index is 0.199. The summed E-state index contributed by atoms with van der Waals surface area (Å²) >= 11 is 5.91. The van der Waals surface area contributed by atoms with Crippen molar-refractivity contribution in [2.45, 2.75) is 0 Å². The van der Waals surface area contributed by atoms with Gasteiger partial charge in [0.15, 0.2) is 5.78 Å². The van der Waals surface area contributed by atoms with Crippen LogP contribution in [-0.2, 0) is 0 Å².